The average molecular weight is 631 g/mol. The first kappa shape index (κ1) is 32.1. The van der Waals surface area contributed by atoms with Gasteiger partial charge in [0.2, 0.25) is 5.82 Å². The minimum atomic E-state index is -1.22. The Hall–Kier alpha value is -5.27. The first-order valence-electron chi connectivity index (χ1n) is 14.4. The van der Waals surface area contributed by atoms with Gasteiger partial charge in [-0.25, -0.2) is 9.67 Å². The number of nitrogens with two attached hydrogens (primary N) is 1. The molecule has 0 radical (unpaired) electrons. The van der Waals surface area contributed by atoms with Gasteiger partial charge in [-0.05, 0) is 41.0 Å². The molecule has 46 heavy (non-hydrogen) atoms. The maximum absolute atomic E-state index is 12.3. The minimum Gasteiger partial charge on any atom is -0.497 e. The number of nitrogens with zero attached hydrogens (tertiary/aromatic N) is 3. The van der Waals surface area contributed by atoms with E-state index in [9.17, 15) is 14.4 Å². The van der Waals surface area contributed by atoms with Crippen LogP contribution in [0.2, 0.25) is 0 Å². The molecule has 0 bridgehead atoms. The van der Waals surface area contributed by atoms with Gasteiger partial charge in [-0.1, -0.05) is 54.6 Å². The Labute approximate surface area is 265 Å². The van der Waals surface area contributed by atoms with E-state index in [0.29, 0.717) is 11.5 Å². The van der Waals surface area contributed by atoms with Gasteiger partial charge >= 0.3 is 11.9 Å². The topological polar surface area (TPSA) is 163 Å². The Morgan fingerprint density at radius 1 is 0.804 bits per heavy atom. The van der Waals surface area contributed by atoms with Crippen LogP contribution in [0, 0.1) is 0 Å². The summed E-state index contributed by atoms with van der Waals surface area (Å²) in [6, 6.07) is 24.6. The van der Waals surface area contributed by atoms with Gasteiger partial charge in [0.25, 0.3) is 5.91 Å². The molecule has 13 nitrogen and oxygen atoms in total. The van der Waals surface area contributed by atoms with Crippen LogP contribution in [0.15, 0.2) is 85.2 Å². The zero-order valence-electron chi connectivity index (χ0n) is 25.7. The van der Waals surface area contributed by atoms with Crippen molar-refractivity contribution in [1.29, 1.82) is 0 Å². The Bertz CT molecular complexity index is 1610. The molecule has 2 heterocycles. The molecule has 240 valence electrons. The highest BCUT2D eigenvalue weighted by atomic mass is 16.7. The van der Waals surface area contributed by atoms with Gasteiger partial charge in [-0.3, -0.25) is 14.4 Å². The normalized spacial score (nSPS) is 19.3. The number of amides is 1. The summed E-state index contributed by atoms with van der Waals surface area (Å²) in [5.74, 6) is -1.09. The Balaban J connectivity index is 1.61. The summed E-state index contributed by atoms with van der Waals surface area (Å²) in [5, 5.41) is 4.09. The summed E-state index contributed by atoms with van der Waals surface area (Å²) in [6.07, 6.45) is -3.16. The molecule has 1 amide bonds. The zero-order valence-corrected chi connectivity index (χ0v) is 25.7. The molecule has 13 heteroatoms. The lowest BCUT2D eigenvalue weighted by Gasteiger charge is -2.37. The highest BCUT2D eigenvalue weighted by Gasteiger charge is 2.52. The lowest BCUT2D eigenvalue weighted by Crippen LogP contribution is -2.42. The number of methoxy groups -OCH3 is 2. The van der Waals surface area contributed by atoms with Crippen molar-refractivity contribution < 1.29 is 42.8 Å². The fourth-order valence-electron chi connectivity index (χ4n) is 5.50. The number of primary amides is 1. The number of ether oxygens (including phenoxy) is 6. The molecule has 0 saturated carbocycles. The smallest absolute Gasteiger partial charge is 0.303 e. The van der Waals surface area contributed by atoms with Crippen molar-refractivity contribution in [1.82, 2.24) is 14.8 Å². The predicted molar refractivity (Wildman–Crippen MR) is 162 cm³/mol. The van der Waals surface area contributed by atoms with Crippen molar-refractivity contribution in [2.45, 2.75) is 44.0 Å². The van der Waals surface area contributed by atoms with Gasteiger partial charge in [0.15, 0.2) is 18.4 Å². The van der Waals surface area contributed by atoms with Crippen LogP contribution >= 0.6 is 0 Å². The van der Waals surface area contributed by atoms with Crippen LogP contribution in [0.3, 0.4) is 0 Å². The van der Waals surface area contributed by atoms with Gasteiger partial charge in [0.1, 0.15) is 29.5 Å². The summed E-state index contributed by atoms with van der Waals surface area (Å²) in [5.41, 5.74) is 6.46. The van der Waals surface area contributed by atoms with E-state index in [1.165, 1.54) is 24.9 Å². The second-order valence-corrected chi connectivity index (χ2v) is 10.4. The van der Waals surface area contributed by atoms with E-state index in [0.717, 1.165) is 16.7 Å². The van der Waals surface area contributed by atoms with Gasteiger partial charge < -0.3 is 34.2 Å². The van der Waals surface area contributed by atoms with Crippen molar-refractivity contribution in [2.75, 3.05) is 20.8 Å². The van der Waals surface area contributed by atoms with Gasteiger partial charge in [0, 0.05) is 13.8 Å². The fraction of sp³-hybridized carbons (Fsp3) is 0.303. The van der Waals surface area contributed by atoms with Gasteiger partial charge in [0.05, 0.1) is 20.8 Å². The van der Waals surface area contributed by atoms with Gasteiger partial charge in [-0.15, -0.1) is 5.10 Å². The molecule has 1 saturated heterocycles. The SMILES string of the molecule is COc1ccc(C(OC[C@H]2O[C@@H](n3cnc(C(N)=O)n3)[C@H](OC(C)=O)[C@@H]2OC(C)=O)(c2ccccc2)c2ccc(OC)cc2)cc1. The molecule has 0 aliphatic carbocycles. The van der Waals surface area contributed by atoms with E-state index in [-0.39, 0.29) is 12.4 Å². The van der Waals surface area contributed by atoms with Crippen LogP contribution in [0.25, 0.3) is 0 Å². The summed E-state index contributed by atoms with van der Waals surface area (Å²) >= 11 is 0. The molecule has 0 unspecified atom stereocenters. The molecular weight excluding hydrogens is 596 g/mol. The Morgan fingerprint density at radius 3 is 1.80 bits per heavy atom. The minimum absolute atomic E-state index is 0.156. The molecule has 1 aromatic heterocycles. The second kappa shape index (κ2) is 13.8. The van der Waals surface area contributed by atoms with E-state index in [1.54, 1.807) is 14.2 Å². The van der Waals surface area contributed by atoms with Crippen molar-refractivity contribution >= 4 is 17.8 Å². The third-order valence-corrected chi connectivity index (χ3v) is 7.52. The first-order valence-corrected chi connectivity index (χ1v) is 14.4. The van der Waals surface area contributed by atoms with Crippen LogP contribution in [-0.2, 0) is 34.1 Å². The third-order valence-electron chi connectivity index (χ3n) is 7.52. The average Bonchev–Trinajstić information content (AvgIpc) is 3.68. The summed E-state index contributed by atoms with van der Waals surface area (Å²) in [4.78, 5) is 40.2. The van der Waals surface area contributed by atoms with Crippen molar-refractivity contribution in [3.63, 3.8) is 0 Å². The largest absolute Gasteiger partial charge is 0.497 e. The number of hydrogen-bond acceptors (Lipinski definition) is 11. The Kier molecular flexibility index (Phi) is 9.64. The molecular formula is C33H34N4O9. The fourth-order valence-corrected chi connectivity index (χ4v) is 5.50. The number of esters is 2. The van der Waals surface area contributed by atoms with Crippen LogP contribution in [-0.4, -0.2) is 71.7 Å². The van der Waals surface area contributed by atoms with Crippen LogP contribution < -0.4 is 15.2 Å². The maximum Gasteiger partial charge on any atom is 0.303 e. The molecule has 1 fully saturated rings. The quantitative estimate of drug-likeness (QED) is 0.181. The monoisotopic (exact) mass is 630 g/mol. The molecule has 2 N–H and O–H groups in total. The predicted octanol–water partition coefficient (Wildman–Crippen LogP) is 3.16. The molecule has 4 aromatic rings. The van der Waals surface area contributed by atoms with Gasteiger partial charge in [-0.2, -0.15) is 0 Å². The number of benzene rings is 3. The maximum atomic E-state index is 12.3. The van der Waals surface area contributed by atoms with E-state index in [1.807, 2.05) is 78.9 Å². The van der Waals surface area contributed by atoms with Crippen molar-refractivity contribution in [2.24, 2.45) is 5.73 Å². The van der Waals surface area contributed by atoms with Crippen LogP contribution in [0.1, 0.15) is 47.4 Å². The standard InChI is InChI=1S/C33H34N4O9/c1-20(38)44-28-27(46-32(29(28)45-21(2)39)37-19-35-31(36-37)30(34)40)18-43-33(22-8-6-5-7-9-22,23-10-14-25(41-3)15-11-23)24-12-16-26(42-4)17-13-24/h5-17,19,27-29,32H,18H2,1-4H3,(H2,34,40)/t27-,28-,29-,32-/m1/s1. The molecule has 1 aliphatic rings. The van der Waals surface area contributed by atoms with E-state index < -0.39 is 48.0 Å². The highest BCUT2D eigenvalue weighted by molar-refractivity contribution is 5.88. The molecule has 5 rings (SSSR count). The summed E-state index contributed by atoms with van der Waals surface area (Å²) < 4.78 is 36.6. The Morgan fingerprint density at radius 2 is 1.33 bits per heavy atom. The number of rotatable bonds is 12. The lowest BCUT2D eigenvalue weighted by atomic mass is 9.80. The van der Waals surface area contributed by atoms with Crippen LogP contribution in [0.5, 0.6) is 11.5 Å². The molecule has 3 aromatic carbocycles. The van der Waals surface area contributed by atoms with E-state index in [4.69, 9.17) is 34.2 Å². The lowest BCUT2D eigenvalue weighted by molar-refractivity contribution is -0.166. The molecule has 1 aliphatic heterocycles. The first-order chi connectivity index (χ1) is 22.2. The van der Waals surface area contributed by atoms with Crippen molar-refractivity contribution in [3.05, 3.63) is 108 Å². The molecule has 0 spiro atoms. The number of aromatic nitrogens is 3. The van der Waals surface area contributed by atoms with Crippen LogP contribution in [0.4, 0.5) is 0 Å². The highest BCUT2D eigenvalue weighted by Crippen LogP contribution is 2.43. The molecule has 4 atom stereocenters. The van der Waals surface area contributed by atoms with E-state index >= 15 is 0 Å². The third kappa shape index (κ3) is 6.55. The zero-order chi connectivity index (χ0) is 32.8. The summed E-state index contributed by atoms with van der Waals surface area (Å²) in [6.45, 7) is 2.30. The number of hydrogen-bond donors (Lipinski definition) is 1. The van der Waals surface area contributed by atoms with Crippen molar-refractivity contribution in [3.8, 4) is 11.5 Å². The number of carbonyl (C=O) groups excluding carboxylic acids is 3. The summed E-state index contributed by atoms with van der Waals surface area (Å²) in [7, 11) is 3.17. The van der Waals surface area contributed by atoms with E-state index in [2.05, 4.69) is 10.1 Å². The number of carbonyl (C=O) groups is 3. The second-order valence-electron chi connectivity index (χ2n) is 10.4.